The molecule has 0 aromatic heterocycles. The van der Waals surface area contributed by atoms with E-state index in [1.807, 2.05) is 25.1 Å². The van der Waals surface area contributed by atoms with Gasteiger partial charge in [0.25, 0.3) is 0 Å². The van der Waals surface area contributed by atoms with Crippen molar-refractivity contribution in [3.8, 4) is 0 Å². The molecule has 20 heavy (non-hydrogen) atoms. The van der Waals surface area contributed by atoms with Crippen LogP contribution in [0.1, 0.15) is 32.3 Å². The van der Waals surface area contributed by atoms with Crippen LogP contribution < -0.4 is 16.0 Å². The Bertz CT molecular complexity index is 508. The zero-order valence-corrected chi connectivity index (χ0v) is 12.0. The van der Waals surface area contributed by atoms with Crippen molar-refractivity contribution in [3.05, 3.63) is 23.8 Å². The van der Waals surface area contributed by atoms with Crippen LogP contribution in [0.3, 0.4) is 0 Å². The van der Waals surface area contributed by atoms with E-state index < -0.39 is 0 Å². The monoisotopic (exact) mass is 275 g/mol. The van der Waals surface area contributed by atoms with E-state index in [4.69, 9.17) is 0 Å². The second-order valence-corrected chi connectivity index (χ2v) is 5.04. The summed E-state index contributed by atoms with van der Waals surface area (Å²) in [5, 5.41) is 8.88. The molecule has 5 nitrogen and oxygen atoms in total. The van der Waals surface area contributed by atoms with Crippen LogP contribution in [0.4, 0.5) is 11.4 Å². The van der Waals surface area contributed by atoms with Crippen molar-refractivity contribution in [1.29, 1.82) is 0 Å². The molecule has 1 fully saturated rings. The van der Waals surface area contributed by atoms with E-state index in [1.165, 1.54) is 6.92 Å². The molecule has 0 bridgehead atoms. The molecule has 1 aromatic rings. The highest BCUT2D eigenvalue weighted by Crippen LogP contribution is 2.22. The van der Waals surface area contributed by atoms with Gasteiger partial charge in [0.2, 0.25) is 11.8 Å². The van der Waals surface area contributed by atoms with Crippen LogP contribution in [-0.2, 0) is 16.0 Å². The Morgan fingerprint density at radius 2 is 2.15 bits per heavy atom. The maximum Gasteiger partial charge on any atom is 0.241 e. The summed E-state index contributed by atoms with van der Waals surface area (Å²) >= 11 is 0. The molecule has 1 aliphatic rings. The summed E-state index contributed by atoms with van der Waals surface area (Å²) in [5.41, 5.74) is 2.53. The average molecular weight is 275 g/mol. The molecule has 1 atom stereocenters. The van der Waals surface area contributed by atoms with Gasteiger partial charge in [0, 0.05) is 18.3 Å². The molecule has 0 aliphatic carbocycles. The summed E-state index contributed by atoms with van der Waals surface area (Å²) in [4.78, 5) is 23.3. The van der Waals surface area contributed by atoms with Gasteiger partial charge in [0.05, 0.1) is 6.04 Å². The van der Waals surface area contributed by atoms with Gasteiger partial charge in [-0.3, -0.25) is 9.59 Å². The minimum Gasteiger partial charge on any atom is -0.326 e. The highest BCUT2D eigenvalue weighted by molar-refractivity contribution is 5.97. The third kappa shape index (κ3) is 3.57. The van der Waals surface area contributed by atoms with Gasteiger partial charge in [-0.2, -0.15) is 0 Å². The Labute approximate surface area is 119 Å². The van der Waals surface area contributed by atoms with Gasteiger partial charge >= 0.3 is 0 Å². The standard InChI is InChI=1S/C15H21N3O2/c1-3-11-6-7-12(17-10(2)19)9-14(11)18-15(20)13-5-4-8-16-13/h6-7,9,13,16H,3-5,8H2,1-2H3,(H,17,19)(H,18,20). The van der Waals surface area contributed by atoms with E-state index in [0.717, 1.165) is 37.1 Å². The van der Waals surface area contributed by atoms with Crippen LogP contribution in [0.5, 0.6) is 0 Å². The first-order valence-corrected chi connectivity index (χ1v) is 7.05. The second kappa shape index (κ2) is 6.52. The fourth-order valence-electron chi connectivity index (χ4n) is 2.41. The largest absolute Gasteiger partial charge is 0.326 e. The number of carbonyl (C=O) groups excluding carboxylic acids is 2. The molecule has 0 saturated carbocycles. The zero-order valence-electron chi connectivity index (χ0n) is 12.0. The van der Waals surface area contributed by atoms with Gasteiger partial charge in [0.1, 0.15) is 0 Å². The lowest BCUT2D eigenvalue weighted by molar-refractivity contribution is -0.117. The predicted octanol–water partition coefficient (Wildman–Crippen LogP) is 1.90. The molecule has 0 radical (unpaired) electrons. The molecule has 108 valence electrons. The van der Waals surface area contributed by atoms with Crippen molar-refractivity contribution in [1.82, 2.24) is 5.32 Å². The fraction of sp³-hybridized carbons (Fsp3) is 0.467. The molecule has 1 saturated heterocycles. The van der Waals surface area contributed by atoms with E-state index in [0.29, 0.717) is 5.69 Å². The molecule has 1 unspecified atom stereocenters. The maximum absolute atomic E-state index is 12.2. The molecule has 1 aromatic carbocycles. The predicted molar refractivity (Wildman–Crippen MR) is 79.8 cm³/mol. The fourth-order valence-corrected chi connectivity index (χ4v) is 2.41. The van der Waals surface area contributed by atoms with Gasteiger partial charge in [-0.15, -0.1) is 0 Å². The summed E-state index contributed by atoms with van der Waals surface area (Å²) in [6.45, 7) is 4.40. The van der Waals surface area contributed by atoms with Gasteiger partial charge in [0.15, 0.2) is 0 Å². The smallest absolute Gasteiger partial charge is 0.241 e. The van der Waals surface area contributed by atoms with Crippen molar-refractivity contribution in [3.63, 3.8) is 0 Å². The summed E-state index contributed by atoms with van der Waals surface area (Å²) < 4.78 is 0. The van der Waals surface area contributed by atoms with Crippen molar-refractivity contribution < 1.29 is 9.59 Å². The van der Waals surface area contributed by atoms with Crippen LogP contribution in [0.2, 0.25) is 0 Å². The van der Waals surface area contributed by atoms with Gasteiger partial charge in [-0.1, -0.05) is 13.0 Å². The van der Waals surface area contributed by atoms with Crippen LogP contribution in [0.25, 0.3) is 0 Å². The van der Waals surface area contributed by atoms with E-state index in [2.05, 4.69) is 16.0 Å². The van der Waals surface area contributed by atoms with Crippen molar-refractivity contribution in [2.24, 2.45) is 0 Å². The Morgan fingerprint density at radius 3 is 2.75 bits per heavy atom. The molecule has 5 heteroatoms. The molecule has 1 aliphatic heterocycles. The highest BCUT2D eigenvalue weighted by Gasteiger charge is 2.22. The first-order chi connectivity index (χ1) is 9.60. The third-order valence-electron chi connectivity index (χ3n) is 3.45. The summed E-state index contributed by atoms with van der Waals surface area (Å²) in [6, 6.07) is 5.49. The van der Waals surface area contributed by atoms with Crippen LogP contribution in [0.15, 0.2) is 18.2 Å². The lowest BCUT2D eigenvalue weighted by atomic mass is 10.1. The number of aryl methyl sites for hydroxylation is 1. The molecule has 2 amide bonds. The number of rotatable bonds is 4. The van der Waals surface area contributed by atoms with Crippen molar-refractivity contribution in [2.45, 2.75) is 39.2 Å². The summed E-state index contributed by atoms with van der Waals surface area (Å²) in [7, 11) is 0. The zero-order chi connectivity index (χ0) is 14.5. The first-order valence-electron chi connectivity index (χ1n) is 7.05. The average Bonchev–Trinajstić information content (AvgIpc) is 2.92. The molecule has 1 heterocycles. The summed E-state index contributed by atoms with van der Waals surface area (Å²) in [5.74, 6) is -0.124. The minimum atomic E-state index is -0.121. The van der Waals surface area contributed by atoms with E-state index >= 15 is 0 Å². The number of hydrogen-bond acceptors (Lipinski definition) is 3. The summed E-state index contributed by atoms with van der Waals surface area (Å²) in [6.07, 6.45) is 2.73. The van der Waals surface area contributed by atoms with Crippen molar-refractivity contribution in [2.75, 3.05) is 17.2 Å². The van der Waals surface area contributed by atoms with Crippen LogP contribution in [-0.4, -0.2) is 24.4 Å². The lowest BCUT2D eigenvalue weighted by Crippen LogP contribution is -2.35. The Hall–Kier alpha value is -1.88. The van der Waals surface area contributed by atoms with E-state index in [1.54, 1.807) is 0 Å². The number of benzene rings is 1. The Morgan fingerprint density at radius 1 is 1.35 bits per heavy atom. The second-order valence-electron chi connectivity index (χ2n) is 5.04. The molecule has 0 spiro atoms. The first kappa shape index (κ1) is 14.5. The normalized spacial score (nSPS) is 17.8. The van der Waals surface area contributed by atoms with Gasteiger partial charge in [-0.05, 0) is 43.5 Å². The maximum atomic E-state index is 12.2. The number of carbonyl (C=O) groups is 2. The van der Waals surface area contributed by atoms with Crippen molar-refractivity contribution >= 4 is 23.2 Å². The van der Waals surface area contributed by atoms with Gasteiger partial charge in [-0.25, -0.2) is 0 Å². The van der Waals surface area contributed by atoms with E-state index in [9.17, 15) is 9.59 Å². The van der Waals surface area contributed by atoms with Crippen LogP contribution in [0, 0.1) is 0 Å². The number of anilines is 2. The molecule has 3 N–H and O–H groups in total. The topological polar surface area (TPSA) is 70.2 Å². The number of nitrogens with one attached hydrogen (secondary N) is 3. The number of hydrogen-bond donors (Lipinski definition) is 3. The minimum absolute atomic E-state index is 0.00262. The molecular weight excluding hydrogens is 254 g/mol. The quantitative estimate of drug-likeness (QED) is 0.786. The number of amides is 2. The highest BCUT2D eigenvalue weighted by atomic mass is 16.2. The Balaban J connectivity index is 2.14. The van der Waals surface area contributed by atoms with E-state index in [-0.39, 0.29) is 17.9 Å². The Kier molecular flexibility index (Phi) is 4.74. The third-order valence-corrected chi connectivity index (χ3v) is 3.45. The van der Waals surface area contributed by atoms with Gasteiger partial charge < -0.3 is 16.0 Å². The SMILES string of the molecule is CCc1ccc(NC(C)=O)cc1NC(=O)C1CCCN1. The van der Waals surface area contributed by atoms with Crippen LogP contribution >= 0.6 is 0 Å². The lowest BCUT2D eigenvalue weighted by Gasteiger charge is -2.15. The molecular formula is C15H21N3O2. The molecule has 2 rings (SSSR count).